The number of rotatable bonds is 2. The van der Waals surface area contributed by atoms with Crippen LogP contribution in [0.2, 0.25) is 0 Å². The average Bonchev–Trinajstić information content (AvgIpc) is 2.27. The first kappa shape index (κ1) is 11.2. The van der Waals surface area contributed by atoms with Gasteiger partial charge in [0, 0.05) is 0 Å². The molecular formula is C12H9IO3. The SMILES string of the molecule is Cc1cccc2c(C(=O)O)c(I=O)ccc12. The molecule has 3 nitrogen and oxygen atoms in total. The number of halogens is 1. The van der Waals surface area contributed by atoms with Crippen molar-refractivity contribution in [1.82, 2.24) is 0 Å². The van der Waals surface area contributed by atoms with Crippen molar-refractivity contribution in [2.24, 2.45) is 0 Å². The van der Waals surface area contributed by atoms with Crippen molar-refractivity contribution in [3.63, 3.8) is 0 Å². The van der Waals surface area contributed by atoms with Crippen LogP contribution in [0.15, 0.2) is 30.3 Å². The summed E-state index contributed by atoms with van der Waals surface area (Å²) in [6, 6.07) is 8.99. The van der Waals surface area contributed by atoms with Crippen molar-refractivity contribution in [3.8, 4) is 0 Å². The molecule has 0 aliphatic carbocycles. The molecule has 2 rings (SSSR count). The summed E-state index contributed by atoms with van der Waals surface area (Å²) in [5.41, 5.74) is 1.21. The maximum atomic E-state index is 11.2. The molecule has 0 saturated heterocycles. The van der Waals surface area contributed by atoms with E-state index in [0.717, 1.165) is 10.9 Å². The summed E-state index contributed by atoms with van der Waals surface area (Å²) in [6.07, 6.45) is 0. The summed E-state index contributed by atoms with van der Waals surface area (Å²) in [4.78, 5) is 11.2. The number of carbonyl (C=O) groups is 1. The molecule has 0 bridgehead atoms. The normalized spacial score (nSPS) is 10.6. The molecule has 1 N–H and O–H groups in total. The maximum absolute atomic E-state index is 11.2. The minimum absolute atomic E-state index is 0.184. The minimum Gasteiger partial charge on any atom is -0.478 e. The standard InChI is InChI=1S/C12H9IO3/c1-7-3-2-4-9-8(7)5-6-10(13-16)11(9)12(14)15/h2-6H,1H3,(H,14,15). The lowest BCUT2D eigenvalue weighted by Gasteiger charge is -2.06. The Hall–Kier alpha value is -1.30. The fourth-order valence-corrected chi connectivity index (χ4v) is 2.84. The summed E-state index contributed by atoms with van der Waals surface area (Å²) in [5, 5.41) is 10.7. The van der Waals surface area contributed by atoms with Gasteiger partial charge in [-0.25, -0.2) is 4.79 Å². The molecule has 0 heterocycles. The second-order valence-corrected chi connectivity index (χ2v) is 5.08. The summed E-state index contributed by atoms with van der Waals surface area (Å²) in [6.45, 7) is 1.93. The Morgan fingerprint density at radius 1 is 1.19 bits per heavy atom. The van der Waals surface area contributed by atoms with Crippen LogP contribution in [0.4, 0.5) is 0 Å². The molecule has 2 aromatic carbocycles. The third kappa shape index (κ3) is 1.73. The van der Waals surface area contributed by atoms with Gasteiger partial charge < -0.3 is 5.11 Å². The molecule has 0 fully saturated rings. The molecule has 0 aliphatic rings. The van der Waals surface area contributed by atoms with E-state index in [-0.39, 0.29) is 5.56 Å². The van der Waals surface area contributed by atoms with Gasteiger partial charge in [-0.2, -0.15) is 0 Å². The summed E-state index contributed by atoms with van der Waals surface area (Å²) in [5.74, 6) is -1.01. The highest BCUT2D eigenvalue weighted by Gasteiger charge is 2.15. The lowest BCUT2D eigenvalue weighted by atomic mass is 10.0. The smallest absolute Gasteiger partial charge is 0.337 e. The molecule has 16 heavy (non-hydrogen) atoms. The maximum Gasteiger partial charge on any atom is 0.337 e. The molecule has 82 valence electrons. The van der Waals surface area contributed by atoms with Gasteiger partial charge in [-0.1, -0.05) is 24.3 Å². The predicted molar refractivity (Wildman–Crippen MR) is 69.0 cm³/mol. The van der Waals surface area contributed by atoms with E-state index in [1.807, 2.05) is 25.1 Å². The van der Waals surface area contributed by atoms with Crippen LogP contribution in [0.1, 0.15) is 15.9 Å². The average molecular weight is 328 g/mol. The number of benzene rings is 2. The van der Waals surface area contributed by atoms with Crippen LogP contribution in [0, 0.1) is 10.5 Å². The van der Waals surface area contributed by atoms with Crippen molar-refractivity contribution < 1.29 is 13.0 Å². The van der Waals surface area contributed by atoms with Crippen molar-refractivity contribution in [3.05, 3.63) is 45.0 Å². The summed E-state index contributed by atoms with van der Waals surface area (Å²) in [7, 11) is 0. The van der Waals surface area contributed by atoms with Gasteiger partial charge in [0.15, 0.2) is 21.2 Å². The summed E-state index contributed by atoms with van der Waals surface area (Å²) >= 11 is -1.46. The third-order valence-electron chi connectivity index (χ3n) is 2.53. The Bertz CT molecular complexity index is 590. The molecule has 0 saturated carbocycles. The molecule has 0 aromatic heterocycles. The van der Waals surface area contributed by atoms with E-state index < -0.39 is 27.2 Å². The molecule has 0 atom stereocenters. The zero-order valence-corrected chi connectivity index (χ0v) is 10.7. The Kier molecular flexibility index (Phi) is 3.00. The second kappa shape index (κ2) is 4.29. The van der Waals surface area contributed by atoms with E-state index in [9.17, 15) is 7.86 Å². The van der Waals surface area contributed by atoms with Crippen molar-refractivity contribution in [1.29, 1.82) is 0 Å². The number of aryl methyl sites for hydroxylation is 1. The number of fused-ring (bicyclic) bond motifs is 1. The molecule has 4 heteroatoms. The van der Waals surface area contributed by atoms with E-state index in [2.05, 4.69) is 0 Å². The zero-order valence-electron chi connectivity index (χ0n) is 8.53. The quantitative estimate of drug-likeness (QED) is 0.861. The lowest BCUT2D eigenvalue weighted by molar-refractivity contribution is 0.0698. The first-order valence-electron chi connectivity index (χ1n) is 4.68. The van der Waals surface area contributed by atoms with E-state index in [4.69, 9.17) is 5.11 Å². The molecule has 0 aliphatic heterocycles. The number of hydrogen-bond donors (Lipinski definition) is 1. The van der Waals surface area contributed by atoms with Crippen LogP contribution in [-0.4, -0.2) is 11.1 Å². The van der Waals surface area contributed by atoms with Gasteiger partial charge in [-0.15, -0.1) is 0 Å². The molecular weight excluding hydrogens is 319 g/mol. The highest BCUT2D eigenvalue weighted by Crippen LogP contribution is 2.27. The van der Waals surface area contributed by atoms with Gasteiger partial charge in [-0.3, -0.25) is 3.07 Å². The molecule has 0 radical (unpaired) electrons. The van der Waals surface area contributed by atoms with Gasteiger partial charge in [-0.05, 0) is 29.3 Å². The number of aromatic carboxylic acids is 1. The predicted octanol–water partition coefficient (Wildman–Crippen LogP) is 3.33. The lowest BCUT2D eigenvalue weighted by Crippen LogP contribution is -2.01. The van der Waals surface area contributed by atoms with Crippen molar-refractivity contribution in [2.45, 2.75) is 6.92 Å². The Labute approximate surface area is 103 Å². The number of carboxylic acid groups (broad SMARTS) is 1. The van der Waals surface area contributed by atoms with Gasteiger partial charge >= 0.3 is 5.97 Å². The Morgan fingerprint density at radius 3 is 2.56 bits per heavy atom. The van der Waals surface area contributed by atoms with Crippen molar-refractivity contribution >= 4 is 37.9 Å². The van der Waals surface area contributed by atoms with Gasteiger partial charge in [0.1, 0.15) is 0 Å². The Balaban J connectivity index is 2.95. The highest BCUT2D eigenvalue weighted by molar-refractivity contribution is 14.1. The Morgan fingerprint density at radius 2 is 1.94 bits per heavy atom. The van der Waals surface area contributed by atoms with Gasteiger partial charge in [0.05, 0.1) is 9.13 Å². The first-order valence-corrected chi connectivity index (χ1v) is 6.64. The number of hydrogen-bond acceptors (Lipinski definition) is 2. The van der Waals surface area contributed by atoms with Crippen LogP contribution < -0.4 is 0 Å². The van der Waals surface area contributed by atoms with E-state index in [1.165, 1.54) is 0 Å². The largest absolute Gasteiger partial charge is 0.478 e. The van der Waals surface area contributed by atoms with Crippen LogP contribution in [0.3, 0.4) is 0 Å². The fourth-order valence-electron chi connectivity index (χ4n) is 1.77. The molecule has 0 amide bonds. The van der Waals surface area contributed by atoms with Gasteiger partial charge in [0.25, 0.3) is 0 Å². The van der Waals surface area contributed by atoms with E-state index >= 15 is 0 Å². The number of carboxylic acids is 1. The molecule has 2 aromatic rings. The molecule has 0 spiro atoms. The van der Waals surface area contributed by atoms with E-state index in [1.54, 1.807) is 12.1 Å². The van der Waals surface area contributed by atoms with Crippen LogP contribution in [-0.2, 0) is 3.07 Å². The topological polar surface area (TPSA) is 54.4 Å². The van der Waals surface area contributed by atoms with Crippen LogP contribution in [0.5, 0.6) is 0 Å². The summed E-state index contributed by atoms with van der Waals surface area (Å²) < 4.78 is 11.5. The second-order valence-electron chi connectivity index (χ2n) is 3.47. The first-order chi connectivity index (χ1) is 7.65. The zero-order chi connectivity index (χ0) is 11.7. The van der Waals surface area contributed by atoms with Crippen molar-refractivity contribution in [2.75, 3.05) is 0 Å². The van der Waals surface area contributed by atoms with Crippen LogP contribution >= 0.6 is 21.2 Å². The molecule has 0 unspecified atom stereocenters. The third-order valence-corrected chi connectivity index (χ3v) is 3.90. The van der Waals surface area contributed by atoms with Crippen LogP contribution in [0.25, 0.3) is 10.8 Å². The monoisotopic (exact) mass is 328 g/mol. The fraction of sp³-hybridized carbons (Fsp3) is 0.0833. The highest BCUT2D eigenvalue weighted by atomic mass is 127. The minimum atomic E-state index is -1.46. The van der Waals surface area contributed by atoms with E-state index in [0.29, 0.717) is 8.96 Å². The van der Waals surface area contributed by atoms with Gasteiger partial charge in [0.2, 0.25) is 0 Å².